The third-order valence-electron chi connectivity index (χ3n) is 3.26. The van der Waals surface area contributed by atoms with Crippen molar-refractivity contribution in [2.45, 2.75) is 18.2 Å². The van der Waals surface area contributed by atoms with Crippen molar-refractivity contribution in [3.8, 4) is 5.75 Å². The molecule has 0 heterocycles. The number of carbonyl (C=O) groups is 1. The second-order valence-corrected chi connectivity index (χ2v) is 8.19. The van der Waals surface area contributed by atoms with Crippen molar-refractivity contribution < 1.29 is 18.3 Å². The number of amides is 2. The van der Waals surface area contributed by atoms with E-state index in [0.29, 0.717) is 16.6 Å². The molecule has 2 aromatic rings. The maximum absolute atomic E-state index is 12.3. The van der Waals surface area contributed by atoms with Gasteiger partial charge in [0.25, 0.3) is 0 Å². The van der Waals surface area contributed by atoms with Crippen molar-refractivity contribution in [3.05, 3.63) is 45.9 Å². The smallest absolute Gasteiger partial charge is 0.323 e. The summed E-state index contributed by atoms with van der Waals surface area (Å²) < 4.78 is 27.6. The standard InChI is InChI=1S/C16H17BrClN3O4S/c1-2-9-19-26(24,25)15-11(18)7-8-13(14(15)22)21-16(23)20-12-6-4-3-5-10(12)17/h3-8,19,22H,2,9H2,1H3,(H2,20,21,23). The first-order valence-corrected chi connectivity index (χ1v) is 10.3. The molecule has 0 unspecified atom stereocenters. The SMILES string of the molecule is CCCNS(=O)(=O)c1c(Cl)ccc(NC(=O)Nc2ccccc2Br)c1O. The molecule has 0 fully saturated rings. The van der Waals surface area contributed by atoms with Crippen LogP contribution in [0.4, 0.5) is 16.2 Å². The van der Waals surface area contributed by atoms with Crippen LogP contribution < -0.4 is 15.4 Å². The van der Waals surface area contributed by atoms with E-state index in [-0.39, 0.29) is 17.3 Å². The van der Waals surface area contributed by atoms with E-state index < -0.39 is 26.7 Å². The van der Waals surface area contributed by atoms with Crippen LogP contribution in [0.15, 0.2) is 45.8 Å². The summed E-state index contributed by atoms with van der Waals surface area (Å²) in [5.74, 6) is -0.636. The van der Waals surface area contributed by atoms with Gasteiger partial charge in [0.05, 0.1) is 16.4 Å². The van der Waals surface area contributed by atoms with Crippen molar-refractivity contribution in [2.75, 3.05) is 17.2 Å². The quantitative estimate of drug-likeness (QED) is 0.484. The number of urea groups is 1. The van der Waals surface area contributed by atoms with Gasteiger partial charge in [-0.05, 0) is 46.6 Å². The number of phenolic OH excluding ortho intramolecular Hbond substituents is 1. The molecule has 0 aliphatic carbocycles. The van der Waals surface area contributed by atoms with Gasteiger partial charge < -0.3 is 15.7 Å². The number of phenols is 1. The number of sulfonamides is 1. The van der Waals surface area contributed by atoms with E-state index in [1.54, 1.807) is 31.2 Å². The highest BCUT2D eigenvalue weighted by atomic mass is 79.9. The number of para-hydroxylation sites is 1. The third-order valence-corrected chi connectivity index (χ3v) is 5.92. The van der Waals surface area contributed by atoms with Crippen LogP contribution in [0.5, 0.6) is 5.75 Å². The van der Waals surface area contributed by atoms with Gasteiger partial charge in [-0.1, -0.05) is 30.7 Å². The van der Waals surface area contributed by atoms with Crippen molar-refractivity contribution in [1.82, 2.24) is 4.72 Å². The normalized spacial score (nSPS) is 11.2. The Morgan fingerprint density at radius 1 is 1.15 bits per heavy atom. The number of carbonyl (C=O) groups excluding carboxylic acids is 1. The molecule has 4 N–H and O–H groups in total. The molecule has 7 nitrogen and oxygen atoms in total. The summed E-state index contributed by atoms with van der Waals surface area (Å²) in [5.41, 5.74) is 0.423. The number of benzene rings is 2. The average Bonchev–Trinajstić information content (AvgIpc) is 2.57. The molecule has 0 spiro atoms. The number of hydrogen-bond donors (Lipinski definition) is 4. The fourth-order valence-electron chi connectivity index (χ4n) is 2.05. The third kappa shape index (κ3) is 4.88. The average molecular weight is 463 g/mol. The summed E-state index contributed by atoms with van der Waals surface area (Å²) >= 11 is 9.24. The predicted octanol–water partition coefficient (Wildman–Crippen LogP) is 4.14. The molecule has 0 radical (unpaired) electrons. The lowest BCUT2D eigenvalue weighted by Crippen LogP contribution is -2.25. The minimum Gasteiger partial charge on any atom is -0.504 e. The lowest BCUT2D eigenvalue weighted by atomic mass is 10.3. The van der Waals surface area contributed by atoms with Crippen LogP contribution in [-0.2, 0) is 10.0 Å². The molecule has 26 heavy (non-hydrogen) atoms. The Labute approximate surface area is 164 Å². The van der Waals surface area contributed by atoms with Gasteiger partial charge in [0, 0.05) is 11.0 Å². The second-order valence-electron chi connectivity index (χ2n) is 5.23. The van der Waals surface area contributed by atoms with E-state index in [1.807, 2.05) is 0 Å². The fraction of sp³-hybridized carbons (Fsp3) is 0.188. The Morgan fingerprint density at radius 3 is 2.46 bits per heavy atom. The van der Waals surface area contributed by atoms with Gasteiger partial charge in [-0.25, -0.2) is 17.9 Å². The van der Waals surface area contributed by atoms with Gasteiger partial charge in [-0.2, -0.15) is 0 Å². The number of anilines is 2. The summed E-state index contributed by atoms with van der Waals surface area (Å²) in [6, 6.07) is 8.91. The first-order valence-electron chi connectivity index (χ1n) is 7.60. The van der Waals surface area contributed by atoms with Gasteiger partial charge >= 0.3 is 6.03 Å². The molecule has 140 valence electrons. The highest BCUT2D eigenvalue weighted by molar-refractivity contribution is 9.10. The molecule has 0 bridgehead atoms. The van der Waals surface area contributed by atoms with Crippen molar-refractivity contribution >= 4 is 55.0 Å². The van der Waals surface area contributed by atoms with Crippen LogP contribution in [-0.4, -0.2) is 26.1 Å². The van der Waals surface area contributed by atoms with Crippen molar-refractivity contribution in [2.24, 2.45) is 0 Å². The second kappa shape index (κ2) is 8.72. The van der Waals surface area contributed by atoms with E-state index in [0.717, 1.165) is 0 Å². The first kappa shape index (κ1) is 20.5. The van der Waals surface area contributed by atoms with Crippen LogP contribution >= 0.6 is 27.5 Å². The molecule has 0 saturated carbocycles. The molecule has 0 aliphatic heterocycles. The molecule has 2 aromatic carbocycles. The monoisotopic (exact) mass is 461 g/mol. The molecular formula is C16H17BrClN3O4S. The number of halogens is 2. The summed E-state index contributed by atoms with van der Waals surface area (Å²) in [6.45, 7) is 1.99. The van der Waals surface area contributed by atoms with Crippen molar-refractivity contribution in [3.63, 3.8) is 0 Å². The number of rotatable bonds is 6. The van der Waals surface area contributed by atoms with E-state index in [2.05, 4.69) is 31.3 Å². The van der Waals surface area contributed by atoms with Crippen LogP contribution in [0, 0.1) is 0 Å². The predicted molar refractivity (Wildman–Crippen MR) is 105 cm³/mol. The molecule has 0 saturated heterocycles. The summed E-state index contributed by atoms with van der Waals surface area (Å²) in [6.07, 6.45) is 0.573. The molecule has 0 atom stereocenters. The maximum Gasteiger partial charge on any atom is 0.323 e. The number of hydrogen-bond acceptors (Lipinski definition) is 4. The topological polar surface area (TPSA) is 108 Å². The van der Waals surface area contributed by atoms with Gasteiger partial charge in [0.2, 0.25) is 10.0 Å². The highest BCUT2D eigenvalue weighted by Crippen LogP contribution is 2.36. The lowest BCUT2D eigenvalue weighted by Gasteiger charge is -2.14. The Hall–Kier alpha value is -1.81. The molecule has 0 aromatic heterocycles. The summed E-state index contributed by atoms with van der Waals surface area (Å²) in [4.78, 5) is 11.7. The molecule has 0 aliphatic rings. The minimum atomic E-state index is -4.02. The van der Waals surface area contributed by atoms with E-state index in [1.165, 1.54) is 12.1 Å². The maximum atomic E-state index is 12.3. The number of nitrogens with one attached hydrogen (secondary N) is 3. The van der Waals surface area contributed by atoms with E-state index in [9.17, 15) is 18.3 Å². The van der Waals surface area contributed by atoms with Gasteiger partial charge in [-0.15, -0.1) is 0 Å². The number of aromatic hydroxyl groups is 1. The van der Waals surface area contributed by atoms with E-state index >= 15 is 0 Å². The van der Waals surface area contributed by atoms with Gasteiger partial charge in [0.1, 0.15) is 4.90 Å². The Balaban J connectivity index is 2.27. The summed E-state index contributed by atoms with van der Waals surface area (Å²) in [5, 5.41) is 15.2. The fourth-order valence-corrected chi connectivity index (χ4v) is 4.20. The Kier molecular flexibility index (Phi) is 6.87. The van der Waals surface area contributed by atoms with E-state index in [4.69, 9.17) is 11.6 Å². The zero-order valence-corrected chi connectivity index (χ0v) is 16.9. The zero-order valence-electron chi connectivity index (χ0n) is 13.7. The van der Waals surface area contributed by atoms with Crippen molar-refractivity contribution in [1.29, 1.82) is 0 Å². The Morgan fingerprint density at radius 2 is 1.81 bits per heavy atom. The van der Waals surface area contributed by atoms with Crippen LogP contribution in [0.1, 0.15) is 13.3 Å². The van der Waals surface area contributed by atoms with Crippen LogP contribution in [0.2, 0.25) is 5.02 Å². The largest absolute Gasteiger partial charge is 0.504 e. The first-order chi connectivity index (χ1) is 12.3. The van der Waals surface area contributed by atoms with Gasteiger partial charge in [0.15, 0.2) is 5.75 Å². The van der Waals surface area contributed by atoms with Crippen LogP contribution in [0.25, 0.3) is 0 Å². The van der Waals surface area contributed by atoms with Gasteiger partial charge in [-0.3, -0.25) is 0 Å². The lowest BCUT2D eigenvalue weighted by molar-refractivity contribution is 0.262. The molecular weight excluding hydrogens is 446 g/mol. The highest BCUT2D eigenvalue weighted by Gasteiger charge is 2.25. The minimum absolute atomic E-state index is 0.0872. The van der Waals surface area contributed by atoms with Crippen LogP contribution in [0.3, 0.4) is 0 Å². The Bertz CT molecular complexity index is 922. The molecule has 10 heteroatoms. The summed E-state index contributed by atoms with van der Waals surface area (Å²) in [7, 11) is -4.02. The molecule has 2 rings (SSSR count). The zero-order chi connectivity index (χ0) is 19.3. The molecule has 2 amide bonds.